The lowest BCUT2D eigenvalue weighted by molar-refractivity contribution is 1.22. The molecule has 0 aliphatic carbocycles. The van der Waals surface area contributed by atoms with Crippen molar-refractivity contribution in [3.63, 3.8) is 0 Å². The summed E-state index contributed by atoms with van der Waals surface area (Å²) in [6, 6.07) is 4.19. The van der Waals surface area contributed by atoms with E-state index in [-0.39, 0.29) is 0 Å². The average Bonchev–Trinajstić information content (AvgIpc) is 2.20. The van der Waals surface area contributed by atoms with Gasteiger partial charge in [0.2, 0.25) is 0 Å². The van der Waals surface area contributed by atoms with Crippen molar-refractivity contribution in [2.45, 2.75) is 20.8 Å². The van der Waals surface area contributed by atoms with Gasteiger partial charge in [-0.2, -0.15) is 10.5 Å². The molecule has 0 N–H and O–H groups in total. The summed E-state index contributed by atoms with van der Waals surface area (Å²) in [5.74, 6) is 0. The van der Waals surface area contributed by atoms with Crippen LogP contribution in [0.4, 0.5) is 0 Å². The maximum atomic E-state index is 8.97. The monoisotopic (exact) mass is 296 g/mol. The molecule has 0 spiro atoms. The molecular weight excluding hydrogens is 287 g/mol. The summed E-state index contributed by atoms with van der Waals surface area (Å²) in [6.07, 6.45) is 0. The summed E-state index contributed by atoms with van der Waals surface area (Å²) in [7, 11) is 0. The zero-order valence-electron chi connectivity index (χ0n) is 8.27. The Balaban J connectivity index is 3.79. The van der Waals surface area contributed by atoms with Crippen LogP contribution in [0.1, 0.15) is 27.8 Å². The van der Waals surface area contributed by atoms with Crippen LogP contribution < -0.4 is 0 Å². The van der Waals surface area contributed by atoms with Gasteiger partial charge in [-0.15, -0.1) is 0 Å². The maximum Gasteiger partial charge on any atom is 0.101 e. The van der Waals surface area contributed by atoms with Gasteiger partial charge in [0.25, 0.3) is 0 Å². The summed E-state index contributed by atoms with van der Waals surface area (Å²) in [4.78, 5) is 0. The van der Waals surface area contributed by atoms with Crippen LogP contribution in [0.5, 0.6) is 0 Å². The number of hydrogen-bond acceptors (Lipinski definition) is 2. The second-order valence-electron chi connectivity index (χ2n) is 3.16. The third kappa shape index (κ3) is 1.49. The van der Waals surface area contributed by atoms with Crippen LogP contribution in [0, 0.1) is 47.0 Å². The summed E-state index contributed by atoms with van der Waals surface area (Å²) in [5, 5.41) is 17.9. The molecule has 70 valence electrons. The van der Waals surface area contributed by atoms with Crippen molar-refractivity contribution in [1.82, 2.24) is 0 Å². The summed E-state index contributed by atoms with van der Waals surface area (Å²) >= 11 is 2.22. The number of nitrogens with zero attached hydrogens (tertiary/aromatic N) is 2. The van der Waals surface area contributed by atoms with E-state index in [1.54, 1.807) is 0 Å². The molecule has 0 radical (unpaired) electrons. The van der Waals surface area contributed by atoms with E-state index in [1.165, 1.54) is 0 Å². The zero-order valence-corrected chi connectivity index (χ0v) is 10.4. The smallest absolute Gasteiger partial charge is 0.101 e. The number of hydrogen-bond donors (Lipinski definition) is 0. The fraction of sp³-hybridized carbons (Fsp3) is 0.273. The first-order valence-corrected chi connectivity index (χ1v) is 5.21. The van der Waals surface area contributed by atoms with E-state index in [9.17, 15) is 0 Å². The van der Waals surface area contributed by atoms with E-state index in [0.29, 0.717) is 11.1 Å². The van der Waals surface area contributed by atoms with Crippen LogP contribution in [-0.4, -0.2) is 0 Å². The van der Waals surface area contributed by atoms with Gasteiger partial charge in [0.15, 0.2) is 0 Å². The molecule has 2 nitrogen and oxygen atoms in total. The minimum atomic E-state index is 0.514. The van der Waals surface area contributed by atoms with Crippen molar-refractivity contribution in [2.24, 2.45) is 0 Å². The van der Waals surface area contributed by atoms with E-state index in [1.807, 2.05) is 20.8 Å². The molecule has 1 aromatic rings. The number of nitriles is 2. The van der Waals surface area contributed by atoms with Crippen LogP contribution in [0.3, 0.4) is 0 Å². The van der Waals surface area contributed by atoms with Crippen molar-refractivity contribution in [1.29, 1.82) is 10.5 Å². The van der Waals surface area contributed by atoms with Gasteiger partial charge in [-0.1, -0.05) is 0 Å². The standard InChI is InChI=1S/C11H9IN2/c1-6-7(2)11(12)8(3)10(5-14)9(6)4-13/h1-3H3. The molecule has 0 aromatic heterocycles. The normalized spacial score (nSPS) is 9.29. The van der Waals surface area contributed by atoms with Crippen molar-refractivity contribution >= 4 is 22.6 Å². The molecule has 0 aliphatic rings. The molecule has 0 saturated heterocycles. The third-order valence-electron chi connectivity index (χ3n) is 2.44. The van der Waals surface area contributed by atoms with Gasteiger partial charge in [0.1, 0.15) is 12.1 Å². The average molecular weight is 296 g/mol. The second kappa shape index (κ2) is 3.98. The van der Waals surface area contributed by atoms with Crippen LogP contribution in [-0.2, 0) is 0 Å². The summed E-state index contributed by atoms with van der Waals surface area (Å²) in [6.45, 7) is 5.75. The largest absolute Gasteiger partial charge is 0.192 e. The Hall–Kier alpha value is -1.07. The molecule has 0 fully saturated rings. The van der Waals surface area contributed by atoms with E-state index >= 15 is 0 Å². The molecule has 14 heavy (non-hydrogen) atoms. The molecule has 3 heteroatoms. The lowest BCUT2D eigenvalue weighted by Crippen LogP contribution is -2.00. The van der Waals surface area contributed by atoms with E-state index in [2.05, 4.69) is 34.7 Å². The second-order valence-corrected chi connectivity index (χ2v) is 4.24. The van der Waals surface area contributed by atoms with Crippen LogP contribution >= 0.6 is 22.6 Å². The highest BCUT2D eigenvalue weighted by Gasteiger charge is 2.14. The van der Waals surface area contributed by atoms with Crippen molar-refractivity contribution in [3.05, 3.63) is 31.4 Å². The number of halogens is 1. The molecule has 0 amide bonds. The fourth-order valence-electron chi connectivity index (χ4n) is 1.40. The lowest BCUT2D eigenvalue weighted by atomic mass is 9.95. The Morgan fingerprint density at radius 3 is 1.71 bits per heavy atom. The first-order valence-electron chi connectivity index (χ1n) is 4.14. The Morgan fingerprint density at radius 1 is 0.857 bits per heavy atom. The molecule has 1 rings (SSSR count). The maximum absolute atomic E-state index is 8.97. The molecule has 0 heterocycles. The van der Waals surface area contributed by atoms with Crippen molar-refractivity contribution < 1.29 is 0 Å². The number of rotatable bonds is 0. The summed E-state index contributed by atoms with van der Waals surface area (Å²) < 4.78 is 1.08. The molecule has 0 bridgehead atoms. The molecule has 1 aromatic carbocycles. The topological polar surface area (TPSA) is 47.6 Å². The highest BCUT2D eigenvalue weighted by molar-refractivity contribution is 14.1. The zero-order chi connectivity index (χ0) is 10.9. The first kappa shape index (κ1) is 11.0. The number of benzene rings is 1. The van der Waals surface area contributed by atoms with Crippen LogP contribution in [0.25, 0.3) is 0 Å². The van der Waals surface area contributed by atoms with Gasteiger partial charge in [-0.05, 0) is 60.1 Å². The molecule has 0 unspecified atom stereocenters. The first-order chi connectivity index (χ1) is 6.54. The van der Waals surface area contributed by atoms with Gasteiger partial charge < -0.3 is 0 Å². The SMILES string of the molecule is Cc1c(C)c(C#N)c(C#N)c(C)c1I. The molecule has 0 aliphatic heterocycles. The van der Waals surface area contributed by atoms with Gasteiger partial charge in [0.05, 0.1) is 11.1 Å². The Labute approximate surface area is 97.3 Å². The minimum Gasteiger partial charge on any atom is -0.192 e. The van der Waals surface area contributed by atoms with E-state index in [4.69, 9.17) is 10.5 Å². The minimum absolute atomic E-state index is 0.514. The van der Waals surface area contributed by atoms with Crippen LogP contribution in [0.2, 0.25) is 0 Å². The lowest BCUT2D eigenvalue weighted by Gasteiger charge is -2.10. The Bertz CT molecular complexity index is 431. The molecular formula is C11H9IN2. The summed E-state index contributed by atoms with van der Waals surface area (Å²) in [5.41, 5.74) is 3.95. The van der Waals surface area contributed by atoms with Crippen molar-refractivity contribution in [2.75, 3.05) is 0 Å². The Morgan fingerprint density at radius 2 is 1.29 bits per heavy atom. The van der Waals surface area contributed by atoms with E-state index < -0.39 is 0 Å². The van der Waals surface area contributed by atoms with Crippen molar-refractivity contribution in [3.8, 4) is 12.1 Å². The highest BCUT2D eigenvalue weighted by atomic mass is 127. The highest BCUT2D eigenvalue weighted by Crippen LogP contribution is 2.27. The fourth-order valence-corrected chi connectivity index (χ4v) is 2.07. The third-order valence-corrected chi connectivity index (χ3v) is 4.06. The van der Waals surface area contributed by atoms with E-state index in [0.717, 1.165) is 20.3 Å². The van der Waals surface area contributed by atoms with Gasteiger partial charge >= 0.3 is 0 Å². The molecule has 0 saturated carbocycles. The molecule has 0 atom stereocenters. The quantitative estimate of drug-likeness (QED) is 0.691. The van der Waals surface area contributed by atoms with Gasteiger partial charge in [-0.3, -0.25) is 0 Å². The Kier molecular flexibility index (Phi) is 3.13. The van der Waals surface area contributed by atoms with Gasteiger partial charge in [0, 0.05) is 3.57 Å². The predicted octanol–water partition coefficient (Wildman–Crippen LogP) is 2.96. The van der Waals surface area contributed by atoms with Crippen LogP contribution in [0.15, 0.2) is 0 Å². The van der Waals surface area contributed by atoms with Gasteiger partial charge in [-0.25, -0.2) is 0 Å². The predicted molar refractivity (Wildman–Crippen MR) is 62.8 cm³/mol.